The Morgan fingerprint density at radius 1 is 1.19 bits per heavy atom. The molecule has 0 saturated carbocycles. The molecule has 0 aliphatic carbocycles. The summed E-state index contributed by atoms with van der Waals surface area (Å²) >= 11 is 0. The highest BCUT2D eigenvalue weighted by Gasteiger charge is 2.21. The van der Waals surface area contributed by atoms with E-state index in [-0.39, 0.29) is 5.56 Å². The first-order valence-electron chi connectivity index (χ1n) is 5.93. The molecule has 0 amide bonds. The molecule has 0 unspecified atom stereocenters. The van der Waals surface area contributed by atoms with Crippen molar-refractivity contribution in [2.24, 2.45) is 0 Å². The SMILES string of the molecule is Cc1ccc(C)n1NS(=O)(=O)c1ccc(C(=O)O)cc1F. The summed E-state index contributed by atoms with van der Waals surface area (Å²) in [7, 11) is -4.16. The molecule has 1 aromatic heterocycles. The molecule has 0 bridgehead atoms. The Kier molecular flexibility index (Phi) is 3.73. The molecule has 8 heteroatoms. The standard InChI is InChI=1S/C13H13FN2O4S/c1-8-3-4-9(2)16(8)15-21(19,20)12-6-5-10(13(17)18)7-11(12)14/h3-7,15H,1-2H3,(H,17,18). The van der Waals surface area contributed by atoms with Crippen LogP contribution in [0.4, 0.5) is 4.39 Å². The monoisotopic (exact) mass is 312 g/mol. The van der Waals surface area contributed by atoms with Gasteiger partial charge in [-0.2, -0.15) is 8.42 Å². The number of carboxylic acids is 1. The highest BCUT2D eigenvalue weighted by molar-refractivity contribution is 7.92. The van der Waals surface area contributed by atoms with Crippen LogP contribution in [0, 0.1) is 19.7 Å². The summed E-state index contributed by atoms with van der Waals surface area (Å²) in [5.41, 5.74) is 0.956. The zero-order valence-corrected chi connectivity index (χ0v) is 12.1. The molecule has 0 spiro atoms. The van der Waals surface area contributed by atoms with Crippen molar-refractivity contribution in [3.63, 3.8) is 0 Å². The third-order valence-corrected chi connectivity index (χ3v) is 4.28. The summed E-state index contributed by atoms with van der Waals surface area (Å²) in [6.07, 6.45) is 0. The second-order valence-electron chi connectivity index (χ2n) is 4.50. The van der Waals surface area contributed by atoms with E-state index in [1.807, 2.05) is 0 Å². The minimum Gasteiger partial charge on any atom is -0.478 e. The van der Waals surface area contributed by atoms with E-state index in [9.17, 15) is 17.6 Å². The van der Waals surface area contributed by atoms with Gasteiger partial charge in [-0.1, -0.05) is 0 Å². The molecular weight excluding hydrogens is 299 g/mol. The van der Waals surface area contributed by atoms with Crippen molar-refractivity contribution in [1.29, 1.82) is 0 Å². The number of rotatable bonds is 4. The first-order chi connectivity index (χ1) is 9.72. The lowest BCUT2D eigenvalue weighted by molar-refractivity contribution is 0.0696. The van der Waals surface area contributed by atoms with Gasteiger partial charge in [-0.3, -0.25) is 4.68 Å². The number of hydrogen-bond donors (Lipinski definition) is 2. The van der Waals surface area contributed by atoms with Crippen LogP contribution in [-0.4, -0.2) is 24.2 Å². The maximum Gasteiger partial charge on any atom is 0.335 e. The summed E-state index contributed by atoms with van der Waals surface area (Å²) in [5, 5.41) is 8.75. The summed E-state index contributed by atoms with van der Waals surface area (Å²) in [5.74, 6) is -2.45. The Bertz CT molecular complexity index is 792. The maximum absolute atomic E-state index is 13.8. The van der Waals surface area contributed by atoms with Crippen LogP contribution in [0.1, 0.15) is 21.7 Å². The molecule has 112 valence electrons. The molecule has 1 heterocycles. The predicted molar refractivity (Wildman–Crippen MR) is 73.8 cm³/mol. The Morgan fingerprint density at radius 3 is 2.24 bits per heavy atom. The first-order valence-corrected chi connectivity index (χ1v) is 7.41. The van der Waals surface area contributed by atoms with Gasteiger partial charge in [0.05, 0.1) is 5.56 Å². The summed E-state index contributed by atoms with van der Waals surface area (Å²) < 4.78 is 39.5. The second-order valence-corrected chi connectivity index (χ2v) is 6.13. The molecule has 0 fully saturated rings. The van der Waals surface area contributed by atoms with Crippen LogP contribution in [0.3, 0.4) is 0 Å². The number of aryl methyl sites for hydroxylation is 2. The average molecular weight is 312 g/mol. The van der Waals surface area contributed by atoms with Gasteiger partial charge in [-0.15, -0.1) is 0 Å². The number of sulfonamides is 1. The van der Waals surface area contributed by atoms with Crippen molar-refractivity contribution < 1.29 is 22.7 Å². The van der Waals surface area contributed by atoms with Gasteiger partial charge >= 0.3 is 5.97 Å². The van der Waals surface area contributed by atoms with Crippen molar-refractivity contribution in [2.45, 2.75) is 18.7 Å². The fourth-order valence-corrected chi connectivity index (χ4v) is 3.02. The van der Waals surface area contributed by atoms with E-state index in [0.29, 0.717) is 17.5 Å². The molecule has 0 radical (unpaired) electrons. The number of carboxylic acid groups (broad SMARTS) is 1. The zero-order valence-electron chi connectivity index (χ0n) is 11.3. The molecule has 2 rings (SSSR count). The van der Waals surface area contributed by atoms with Gasteiger partial charge in [0.25, 0.3) is 10.0 Å². The summed E-state index contributed by atoms with van der Waals surface area (Å²) in [6.45, 7) is 3.39. The Labute approximate surface area is 120 Å². The highest BCUT2D eigenvalue weighted by atomic mass is 32.2. The topological polar surface area (TPSA) is 88.4 Å². The van der Waals surface area contributed by atoms with Gasteiger partial charge in [0.1, 0.15) is 10.7 Å². The van der Waals surface area contributed by atoms with Crippen molar-refractivity contribution in [3.05, 3.63) is 53.1 Å². The van der Waals surface area contributed by atoms with Crippen molar-refractivity contribution >= 4 is 16.0 Å². The second kappa shape index (κ2) is 5.21. The molecular formula is C13H13FN2O4S. The van der Waals surface area contributed by atoms with E-state index in [0.717, 1.165) is 12.1 Å². The maximum atomic E-state index is 13.8. The minimum absolute atomic E-state index is 0.320. The summed E-state index contributed by atoms with van der Waals surface area (Å²) in [6, 6.07) is 6.06. The van der Waals surface area contributed by atoms with Crippen LogP contribution in [0.25, 0.3) is 0 Å². The van der Waals surface area contributed by atoms with Gasteiger partial charge in [0.15, 0.2) is 0 Å². The quantitative estimate of drug-likeness (QED) is 0.902. The molecule has 2 N–H and O–H groups in total. The molecule has 0 saturated heterocycles. The van der Waals surface area contributed by atoms with Crippen LogP contribution in [0.15, 0.2) is 35.2 Å². The third kappa shape index (κ3) is 2.89. The van der Waals surface area contributed by atoms with Crippen molar-refractivity contribution in [3.8, 4) is 0 Å². The van der Waals surface area contributed by atoms with Crippen LogP contribution < -0.4 is 4.83 Å². The molecule has 21 heavy (non-hydrogen) atoms. The van der Waals surface area contributed by atoms with E-state index < -0.39 is 26.7 Å². The van der Waals surface area contributed by atoms with Crippen LogP contribution >= 0.6 is 0 Å². The lowest BCUT2D eigenvalue weighted by Gasteiger charge is -2.13. The zero-order chi connectivity index (χ0) is 15.8. The fraction of sp³-hybridized carbons (Fsp3) is 0.154. The summed E-state index contributed by atoms with van der Waals surface area (Å²) in [4.78, 5) is 12.4. The smallest absolute Gasteiger partial charge is 0.335 e. The van der Waals surface area contributed by atoms with E-state index in [4.69, 9.17) is 5.11 Å². The van der Waals surface area contributed by atoms with Gasteiger partial charge < -0.3 is 5.11 Å². The van der Waals surface area contributed by atoms with E-state index in [1.165, 1.54) is 4.68 Å². The average Bonchev–Trinajstić information content (AvgIpc) is 2.69. The van der Waals surface area contributed by atoms with Crippen molar-refractivity contribution in [2.75, 3.05) is 4.83 Å². The van der Waals surface area contributed by atoms with Gasteiger partial charge in [0.2, 0.25) is 0 Å². The number of nitrogens with zero attached hydrogens (tertiary/aromatic N) is 1. The predicted octanol–water partition coefficient (Wildman–Crippen LogP) is 1.87. The van der Waals surface area contributed by atoms with Crippen LogP contribution in [0.5, 0.6) is 0 Å². The third-order valence-electron chi connectivity index (χ3n) is 2.95. The van der Waals surface area contributed by atoms with E-state index >= 15 is 0 Å². The number of hydrogen-bond acceptors (Lipinski definition) is 3. The largest absolute Gasteiger partial charge is 0.478 e. The number of benzene rings is 1. The van der Waals surface area contributed by atoms with Gasteiger partial charge in [-0.05, 0) is 44.2 Å². The Morgan fingerprint density at radius 2 is 1.76 bits per heavy atom. The number of carbonyl (C=O) groups is 1. The lowest BCUT2D eigenvalue weighted by Crippen LogP contribution is -2.25. The number of aromatic nitrogens is 1. The highest BCUT2D eigenvalue weighted by Crippen LogP contribution is 2.18. The fourth-order valence-electron chi connectivity index (χ4n) is 1.83. The number of nitrogens with one attached hydrogen (secondary N) is 1. The van der Waals surface area contributed by atoms with E-state index in [1.54, 1.807) is 26.0 Å². The minimum atomic E-state index is -4.16. The Balaban J connectivity index is 2.43. The van der Waals surface area contributed by atoms with Gasteiger partial charge in [0, 0.05) is 11.4 Å². The number of halogens is 1. The molecule has 6 nitrogen and oxygen atoms in total. The molecule has 1 aromatic carbocycles. The molecule has 0 atom stereocenters. The van der Waals surface area contributed by atoms with Crippen molar-refractivity contribution in [1.82, 2.24) is 4.68 Å². The molecule has 0 aliphatic rings. The normalized spacial score (nSPS) is 11.4. The van der Waals surface area contributed by atoms with E-state index in [2.05, 4.69) is 4.83 Å². The number of aromatic carboxylic acids is 1. The van der Waals surface area contributed by atoms with Gasteiger partial charge in [-0.25, -0.2) is 14.0 Å². The van der Waals surface area contributed by atoms with Crippen LogP contribution in [-0.2, 0) is 10.0 Å². The first kappa shape index (κ1) is 15.0. The van der Waals surface area contributed by atoms with Crippen LogP contribution in [0.2, 0.25) is 0 Å². The Hall–Kier alpha value is -2.35. The molecule has 2 aromatic rings. The lowest BCUT2D eigenvalue weighted by atomic mass is 10.2. The molecule has 0 aliphatic heterocycles.